The van der Waals surface area contributed by atoms with Gasteiger partial charge in [-0.25, -0.2) is 0 Å². The van der Waals surface area contributed by atoms with E-state index in [0.29, 0.717) is 0 Å². The first-order valence-corrected chi connectivity index (χ1v) is 26.8. The van der Waals surface area contributed by atoms with Crippen molar-refractivity contribution in [2.24, 2.45) is 0 Å². The van der Waals surface area contributed by atoms with E-state index >= 15 is 0 Å². The zero-order chi connectivity index (χ0) is 48.4. The van der Waals surface area contributed by atoms with Crippen LogP contribution in [0.4, 0.5) is 11.4 Å². The SMILES string of the molecule is CC(C)(C)c1ccc(Nc2cc3c(cc2-c2c4c5c(c6cc(C(C)(C)C)ccc6n5-c5c(sc6ccc(-c7ccccc7)cc56)B4)c4sc5ccccc5c24)-c2ccc(C(C)(C)C)cc2C3(C)C)cc1. The molecule has 0 atom stereocenters. The zero-order valence-electron chi connectivity index (χ0n) is 42.3. The summed E-state index contributed by atoms with van der Waals surface area (Å²) in [5.74, 6) is 0. The molecule has 1 aliphatic heterocycles. The number of fused-ring (bicyclic) bond motifs is 14. The Hall–Kier alpha value is -6.40. The van der Waals surface area contributed by atoms with Crippen molar-refractivity contribution in [2.45, 2.75) is 97.8 Å². The Balaban J connectivity index is 1.18. The van der Waals surface area contributed by atoms with Gasteiger partial charge in [0, 0.05) is 63.4 Å². The Morgan fingerprint density at radius 3 is 1.91 bits per heavy atom. The molecule has 0 spiro atoms. The minimum atomic E-state index is -0.193. The fourth-order valence-corrected chi connectivity index (χ4v) is 14.4. The van der Waals surface area contributed by atoms with Crippen molar-refractivity contribution >= 4 is 104 Å². The summed E-state index contributed by atoms with van der Waals surface area (Å²) in [6.45, 7) is 25.8. The molecule has 13 rings (SSSR count). The molecule has 0 radical (unpaired) electrons. The predicted octanol–water partition coefficient (Wildman–Crippen LogP) is 17.3. The lowest BCUT2D eigenvalue weighted by Gasteiger charge is -2.27. The summed E-state index contributed by atoms with van der Waals surface area (Å²) in [5, 5.41) is 10.9. The topological polar surface area (TPSA) is 17.0 Å². The molecule has 3 aromatic heterocycles. The van der Waals surface area contributed by atoms with Crippen molar-refractivity contribution in [2.75, 3.05) is 5.32 Å². The van der Waals surface area contributed by atoms with Crippen molar-refractivity contribution in [1.82, 2.24) is 4.57 Å². The van der Waals surface area contributed by atoms with Gasteiger partial charge in [0.15, 0.2) is 0 Å². The molecule has 0 amide bonds. The van der Waals surface area contributed by atoms with Gasteiger partial charge in [0.05, 0.1) is 16.7 Å². The third kappa shape index (κ3) is 6.43. The van der Waals surface area contributed by atoms with Crippen LogP contribution >= 0.6 is 22.7 Å². The third-order valence-corrected chi connectivity index (χ3v) is 18.2. The third-order valence-electron chi connectivity index (χ3n) is 15.9. The molecule has 0 saturated heterocycles. The molecule has 1 aliphatic carbocycles. The molecule has 0 saturated carbocycles. The first kappa shape index (κ1) is 43.6. The summed E-state index contributed by atoms with van der Waals surface area (Å²) in [7, 11) is 0.845. The lowest BCUT2D eigenvalue weighted by Crippen LogP contribution is -2.35. The quantitative estimate of drug-likeness (QED) is 0.174. The van der Waals surface area contributed by atoms with Crippen molar-refractivity contribution in [3.8, 4) is 39.1 Å². The normalized spacial score (nSPS) is 14.2. The smallest absolute Gasteiger partial charge is 0.211 e. The Kier molecular flexibility index (Phi) is 9.24. The molecular formula is C65H59BN2S2. The highest BCUT2D eigenvalue weighted by Gasteiger charge is 2.39. The van der Waals surface area contributed by atoms with E-state index in [-0.39, 0.29) is 21.7 Å². The second kappa shape index (κ2) is 14.8. The molecule has 4 heterocycles. The Morgan fingerprint density at radius 2 is 1.17 bits per heavy atom. The van der Waals surface area contributed by atoms with Crippen LogP contribution in [-0.2, 0) is 21.7 Å². The lowest BCUT2D eigenvalue weighted by atomic mass is 9.62. The van der Waals surface area contributed by atoms with E-state index in [1.165, 1.54) is 129 Å². The molecule has 0 fully saturated rings. The monoisotopic (exact) mass is 942 g/mol. The van der Waals surface area contributed by atoms with Gasteiger partial charge in [0.2, 0.25) is 7.28 Å². The number of benzene rings is 8. The number of nitrogens with zero attached hydrogens (tertiary/aromatic N) is 1. The van der Waals surface area contributed by atoms with Gasteiger partial charge in [-0.3, -0.25) is 0 Å². The molecular weight excluding hydrogens is 884 g/mol. The van der Waals surface area contributed by atoms with Gasteiger partial charge in [-0.15, -0.1) is 22.7 Å². The van der Waals surface area contributed by atoms with Crippen LogP contribution in [0.25, 0.3) is 91.1 Å². The minimum Gasteiger partial charge on any atom is -0.355 e. The summed E-state index contributed by atoms with van der Waals surface area (Å²) in [5.41, 5.74) is 22.2. The van der Waals surface area contributed by atoms with Gasteiger partial charge in [-0.05, 0) is 137 Å². The number of rotatable bonds is 4. The second-order valence-corrected chi connectivity index (χ2v) is 26.0. The lowest BCUT2D eigenvalue weighted by molar-refractivity contribution is 0.584. The molecule has 5 heteroatoms. The molecule has 8 aromatic carbocycles. The van der Waals surface area contributed by atoms with Crippen LogP contribution in [0.5, 0.6) is 0 Å². The first-order chi connectivity index (χ1) is 33.3. The Labute approximate surface area is 421 Å². The Bertz CT molecular complexity index is 4010. The highest BCUT2D eigenvalue weighted by molar-refractivity contribution is 7.29. The van der Waals surface area contributed by atoms with Crippen LogP contribution in [0, 0.1) is 0 Å². The highest BCUT2D eigenvalue weighted by atomic mass is 32.1. The van der Waals surface area contributed by atoms with Crippen LogP contribution in [-0.4, -0.2) is 11.8 Å². The van der Waals surface area contributed by atoms with Crippen molar-refractivity contribution in [3.63, 3.8) is 0 Å². The van der Waals surface area contributed by atoms with Gasteiger partial charge >= 0.3 is 0 Å². The average Bonchev–Trinajstić information content (AvgIpc) is 4.05. The fraction of sp³-hybridized carbons (Fsp3) is 0.231. The summed E-state index contributed by atoms with van der Waals surface area (Å²) in [6, 6.07) is 56.2. The fourth-order valence-electron chi connectivity index (χ4n) is 12.0. The van der Waals surface area contributed by atoms with Crippen LogP contribution in [0.15, 0.2) is 146 Å². The van der Waals surface area contributed by atoms with E-state index in [0.717, 1.165) is 18.7 Å². The molecule has 70 heavy (non-hydrogen) atoms. The van der Waals surface area contributed by atoms with Gasteiger partial charge in [-0.2, -0.15) is 0 Å². The van der Waals surface area contributed by atoms with E-state index in [9.17, 15) is 0 Å². The zero-order valence-corrected chi connectivity index (χ0v) is 44.0. The van der Waals surface area contributed by atoms with Crippen molar-refractivity contribution < 1.29 is 0 Å². The highest BCUT2D eigenvalue weighted by Crippen LogP contribution is 2.55. The van der Waals surface area contributed by atoms with E-state index < -0.39 is 0 Å². The van der Waals surface area contributed by atoms with Gasteiger partial charge in [0.25, 0.3) is 0 Å². The summed E-state index contributed by atoms with van der Waals surface area (Å²) in [4.78, 5) is 0. The molecule has 0 bridgehead atoms. The van der Waals surface area contributed by atoms with Gasteiger partial charge in [0.1, 0.15) is 0 Å². The van der Waals surface area contributed by atoms with E-state index in [1.54, 1.807) is 0 Å². The van der Waals surface area contributed by atoms with Crippen LogP contribution in [0.2, 0.25) is 0 Å². The largest absolute Gasteiger partial charge is 0.355 e. The molecule has 1 N–H and O–H groups in total. The van der Waals surface area contributed by atoms with Crippen LogP contribution in [0.1, 0.15) is 104 Å². The summed E-state index contributed by atoms with van der Waals surface area (Å²) < 4.78 is 8.14. The van der Waals surface area contributed by atoms with Crippen LogP contribution in [0.3, 0.4) is 0 Å². The number of thiophene rings is 2. The molecule has 0 unspecified atom stereocenters. The Morgan fingerprint density at radius 1 is 0.514 bits per heavy atom. The average molecular weight is 943 g/mol. The summed E-state index contributed by atoms with van der Waals surface area (Å²) >= 11 is 3.95. The molecule has 11 aromatic rings. The van der Waals surface area contributed by atoms with E-state index in [1.807, 2.05) is 22.7 Å². The maximum Gasteiger partial charge on any atom is 0.211 e. The van der Waals surface area contributed by atoms with E-state index in [2.05, 4.69) is 232 Å². The van der Waals surface area contributed by atoms with Crippen LogP contribution < -0.4 is 15.6 Å². The molecule has 344 valence electrons. The summed E-state index contributed by atoms with van der Waals surface area (Å²) in [6.07, 6.45) is 0. The first-order valence-electron chi connectivity index (χ1n) is 25.1. The number of hydrogen-bond acceptors (Lipinski definition) is 3. The van der Waals surface area contributed by atoms with Crippen molar-refractivity contribution in [3.05, 3.63) is 173 Å². The predicted molar refractivity (Wildman–Crippen MR) is 310 cm³/mol. The molecule has 2 nitrogen and oxygen atoms in total. The number of hydrogen-bond donors (Lipinski definition) is 1. The number of aromatic nitrogens is 1. The maximum atomic E-state index is 4.13. The second-order valence-electron chi connectivity index (χ2n) is 23.9. The minimum absolute atomic E-state index is 0.0105. The molecule has 2 aliphatic rings. The van der Waals surface area contributed by atoms with Crippen molar-refractivity contribution in [1.29, 1.82) is 0 Å². The standard InChI is InChI=1S/C65H59BN2S2/c1-62(2,3)38-22-26-41(27-23-38)67-50-35-49-44(42-28-24-40(64(7,8)9)33-48(42)65(49,10)11)34-45(50)54-55-43-19-15-16-20-52(43)69-60(55)56-46-32-39(63(4,5)6)25-29-51(46)68-58-47-31-37(36-17-13-12-14-18-36)21-30-53(47)70-61(58)66-57(54)59(56)68/h12-35,66-67H,1-11H3. The van der Waals surface area contributed by atoms with E-state index in [4.69, 9.17) is 0 Å². The maximum absolute atomic E-state index is 4.13. The van der Waals surface area contributed by atoms with Gasteiger partial charge in [-0.1, -0.05) is 167 Å². The number of nitrogens with one attached hydrogen (secondary N) is 1. The number of anilines is 2. The van der Waals surface area contributed by atoms with Gasteiger partial charge < -0.3 is 9.88 Å².